The Morgan fingerprint density at radius 1 is 0.500 bits per heavy atom. The van der Waals surface area contributed by atoms with Crippen molar-refractivity contribution in [1.29, 1.82) is 0 Å². The Morgan fingerprint density at radius 3 is 1.29 bits per heavy atom. The van der Waals surface area contributed by atoms with Gasteiger partial charge in [0.2, 0.25) is 0 Å². The normalized spacial score (nSPS) is 15.1. The predicted octanol–water partition coefficient (Wildman–Crippen LogP) is 9.97. The van der Waals surface area contributed by atoms with E-state index in [2.05, 4.69) is 118 Å². The molecule has 42 heavy (non-hydrogen) atoms. The van der Waals surface area contributed by atoms with Gasteiger partial charge in [0.25, 0.3) is 0 Å². The summed E-state index contributed by atoms with van der Waals surface area (Å²) in [7, 11) is 3.47. The summed E-state index contributed by atoms with van der Waals surface area (Å²) in [5.74, 6) is 1.75. The van der Waals surface area contributed by atoms with E-state index in [1.54, 1.807) is 14.2 Å². The maximum atomic E-state index is 5.63. The largest absolute Gasteiger partial charge is 0.497 e. The van der Waals surface area contributed by atoms with Gasteiger partial charge in [-0.2, -0.15) is 0 Å². The second-order valence-electron chi connectivity index (χ2n) is 11.2. The van der Waals surface area contributed by atoms with Crippen LogP contribution >= 0.6 is 0 Å². The first-order valence-electron chi connectivity index (χ1n) is 14.7. The molecule has 2 aliphatic rings. The van der Waals surface area contributed by atoms with E-state index < -0.39 is 0 Å². The van der Waals surface area contributed by atoms with Crippen LogP contribution in [0.5, 0.6) is 11.5 Å². The predicted molar refractivity (Wildman–Crippen MR) is 176 cm³/mol. The summed E-state index contributed by atoms with van der Waals surface area (Å²) in [5.41, 5.74) is 9.85. The van der Waals surface area contributed by atoms with Gasteiger partial charge in [0.05, 0.1) is 36.3 Å². The van der Waals surface area contributed by atoms with E-state index in [1.807, 2.05) is 0 Å². The summed E-state index contributed by atoms with van der Waals surface area (Å²) in [5, 5.41) is 5.01. The van der Waals surface area contributed by atoms with Gasteiger partial charge in [-0.1, -0.05) is 48.6 Å². The topological polar surface area (TPSA) is 28.3 Å². The average molecular weight is 549 g/mol. The van der Waals surface area contributed by atoms with Crippen LogP contribution in [-0.4, -0.2) is 23.4 Å². The number of hydrogen-bond acceptors (Lipinski definition) is 2. The fourth-order valence-electron chi connectivity index (χ4n) is 6.78. The van der Waals surface area contributed by atoms with Gasteiger partial charge in [0.15, 0.2) is 0 Å². The number of hydrogen-bond donors (Lipinski definition) is 0. The lowest BCUT2D eigenvalue weighted by atomic mass is 10.0. The first-order chi connectivity index (χ1) is 20.7. The molecule has 0 bridgehead atoms. The molecule has 2 aromatic heterocycles. The van der Waals surface area contributed by atoms with E-state index in [1.165, 1.54) is 66.1 Å². The molecule has 0 radical (unpaired) electrons. The molecule has 0 aliphatic heterocycles. The number of nitrogens with zero attached hydrogens (tertiary/aromatic N) is 2. The molecular weight excluding hydrogens is 516 g/mol. The van der Waals surface area contributed by atoms with E-state index in [0.717, 1.165) is 37.2 Å². The van der Waals surface area contributed by atoms with E-state index >= 15 is 0 Å². The molecule has 8 rings (SSSR count). The number of allylic oxidation sites excluding steroid dienone is 8. The summed E-state index contributed by atoms with van der Waals surface area (Å²) >= 11 is 0. The van der Waals surface area contributed by atoms with Gasteiger partial charge in [0.1, 0.15) is 11.5 Å². The maximum Gasteiger partial charge on any atom is 0.120 e. The maximum absolute atomic E-state index is 5.63. The van der Waals surface area contributed by atoms with E-state index in [0.29, 0.717) is 0 Å². The van der Waals surface area contributed by atoms with Crippen LogP contribution < -0.4 is 9.47 Å². The van der Waals surface area contributed by atoms with Crippen LogP contribution in [0.2, 0.25) is 0 Å². The van der Waals surface area contributed by atoms with Crippen LogP contribution in [0.15, 0.2) is 109 Å². The summed E-state index contributed by atoms with van der Waals surface area (Å²) in [6.45, 7) is 0. The van der Waals surface area contributed by atoms with Crippen molar-refractivity contribution in [2.45, 2.75) is 25.7 Å². The Kier molecular flexibility index (Phi) is 5.81. The monoisotopic (exact) mass is 548 g/mol. The summed E-state index contributed by atoms with van der Waals surface area (Å²) in [6, 6.07) is 26.7. The van der Waals surface area contributed by atoms with Gasteiger partial charge in [0, 0.05) is 45.1 Å². The SMILES string of the molecule is COc1ccc2c3ccc(-c4ccc5c6ccc(OC)cc6n(C6=CC=CCC6)c5c4)cc3n(C3=CC=CCC3)c2c1. The molecule has 2 heterocycles. The van der Waals surface area contributed by atoms with Crippen molar-refractivity contribution in [3.8, 4) is 22.6 Å². The fourth-order valence-corrected chi connectivity index (χ4v) is 6.78. The number of rotatable bonds is 5. The lowest BCUT2D eigenvalue weighted by Gasteiger charge is -2.15. The summed E-state index contributed by atoms with van der Waals surface area (Å²) in [6.07, 6.45) is 17.5. The van der Waals surface area contributed by atoms with Crippen LogP contribution in [0.4, 0.5) is 0 Å². The molecule has 0 saturated carbocycles. The quantitative estimate of drug-likeness (QED) is 0.214. The smallest absolute Gasteiger partial charge is 0.120 e. The van der Waals surface area contributed by atoms with Gasteiger partial charge < -0.3 is 18.6 Å². The second-order valence-corrected chi connectivity index (χ2v) is 11.2. The second kappa shape index (κ2) is 9.85. The van der Waals surface area contributed by atoms with Crippen LogP contribution in [-0.2, 0) is 0 Å². The van der Waals surface area contributed by atoms with Crippen molar-refractivity contribution in [3.63, 3.8) is 0 Å². The number of methoxy groups -OCH3 is 2. The molecule has 206 valence electrons. The Bertz CT molecular complexity index is 2010. The van der Waals surface area contributed by atoms with Gasteiger partial charge in [-0.15, -0.1) is 0 Å². The van der Waals surface area contributed by atoms with E-state index in [-0.39, 0.29) is 0 Å². The van der Waals surface area contributed by atoms with Crippen molar-refractivity contribution >= 4 is 55.0 Å². The van der Waals surface area contributed by atoms with Crippen LogP contribution in [0.1, 0.15) is 25.7 Å². The highest BCUT2D eigenvalue weighted by atomic mass is 16.5. The lowest BCUT2D eigenvalue weighted by Crippen LogP contribution is -1.99. The lowest BCUT2D eigenvalue weighted by molar-refractivity contribution is 0.415. The number of ether oxygens (including phenoxy) is 2. The summed E-state index contributed by atoms with van der Waals surface area (Å²) in [4.78, 5) is 0. The third-order valence-corrected chi connectivity index (χ3v) is 8.84. The number of fused-ring (bicyclic) bond motifs is 6. The van der Waals surface area contributed by atoms with Crippen LogP contribution in [0, 0.1) is 0 Å². The molecule has 4 heteroatoms. The van der Waals surface area contributed by atoms with E-state index in [9.17, 15) is 0 Å². The zero-order valence-corrected chi connectivity index (χ0v) is 23.9. The molecule has 0 saturated heterocycles. The Labute approximate surface area is 245 Å². The highest BCUT2D eigenvalue weighted by Gasteiger charge is 2.19. The zero-order valence-electron chi connectivity index (χ0n) is 23.9. The average Bonchev–Trinajstić information content (AvgIpc) is 3.56. The molecule has 2 aliphatic carbocycles. The molecule has 0 N–H and O–H groups in total. The molecular formula is C38H32N2O2. The molecule has 4 aromatic carbocycles. The molecule has 0 unspecified atom stereocenters. The minimum Gasteiger partial charge on any atom is -0.497 e. The van der Waals surface area contributed by atoms with Crippen molar-refractivity contribution in [1.82, 2.24) is 9.13 Å². The van der Waals surface area contributed by atoms with Gasteiger partial charge in [-0.3, -0.25) is 0 Å². The highest BCUT2D eigenvalue weighted by Crippen LogP contribution is 2.40. The van der Waals surface area contributed by atoms with E-state index in [4.69, 9.17) is 9.47 Å². The van der Waals surface area contributed by atoms with Gasteiger partial charge >= 0.3 is 0 Å². The molecule has 0 atom stereocenters. The third-order valence-electron chi connectivity index (χ3n) is 8.84. The zero-order chi connectivity index (χ0) is 28.2. The Morgan fingerprint density at radius 2 is 0.905 bits per heavy atom. The highest BCUT2D eigenvalue weighted by molar-refractivity contribution is 6.13. The minimum atomic E-state index is 0.875. The molecule has 0 amide bonds. The van der Waals surface area contributed by atoms with Crippen LogP contribution in [0.25, 0.3) is 66.1 Å². The first-order valence-corrected chi connectivity index (χ1v) is 14.7. The van der Waals surface area contributed by atoms with Crippen LogP contribution in [0.3, 0.4) is 0 Å². The number of aromatic nitrogens is 2. The third kappa shape index (κ3) is 3.82. The molecule has 0 spiro atoms. The Balaban J connectivity index is 1.37. The summed E-state index contributed by atoms with van der Waals surface area (Å²) < 4.78 is 16.1. The van der Waals surface area contributed by atoms with Gasteiger partial charge in [-0.05, 0) is 85.4 Å². The minimum absolute atomic E-state index is 0.875. The standard InChI is InChI=1S/C38H32N2O2/c1-41-29-15-19-33-31-17-13-25(21-35(31)39(37(33)23-29)27-9-5-3-6-10-27)26-14-18-32-34-20-16-30(42-2)24-38(34)40(36(32)22-26)28-11-7-4-8-12-28/h3-5,7,9,11,13-24H,6,8,10,12H2,1-2H3. The number of benzene rings is 4. The van der Waals surface area contributed by atoms with Crippen molar-refractivity contribution < 1.29 is 9.47 Å². The Hall–Kier alpha value is -4.96. The fraction of sp³-hybridized carbons (Fsp3) is 0.158. The van der Waals surface area contributed by atoms with Crippen molar-refractivity contribution in [3.05, 3.63) is 109 Å². The van der Waals surface area contributed by atoms with Crippen molar-refractivity contribution in [2.75, 3.05) is 14.2 Å². The first kappa shape index (κ1) is 24.8. The van der Waals surface area contributed by atoms with Gasteiger partial charge in [-0.25, -0.2) is 0 Å². The molecule has 0 fully saturated rings. The molecule has 6 aromatic rings. The van der Waals surface area contributed by atoms with Crippen molar-refractivity contribution in [2.24, 2.45) is 0 Å². The molecule has 4 nitrogen and oxygen atoms in total.